The number of hydrogen-bond acceptors (Lipinski definition) is 3. The fourth-order valence-electron chi connectivity index (χ4n) is 2.69. The number of hydrogen-bond donors (Lipinski definition) is 1. The average molecular weight is 277 g/mol. The van der Waals surface area contributed by atoms with Gasteiger partial charge in [-0.1, -0.05) is 33.6 Å². The van der Waals surface area contributed by atoms with Gasteiger partial charge in [0, 0.05) is 30.1 Å². The predicted octanol–water partition coefficient (Wildman–Crippen LogP) is 2.59. The molecule has 1 saturated carbocycles. The van der Waals surface area contributed by atoms with E-state index in [0.717, 1.165) is 11.3 Å². The smallest absolute Gasteiger partial charge is 0.271 e. The quantitative estimate of drug-likeness (QED) is 0.920. The summed E-state index contributed by atoms with van der Waals surface area (Å²) in [4.78, 5) is 12.3. The first-order chi connectivity index (χ1) is 9.41. The first kappa shape index (κ1) is 15.2. The van der Waals surface area contributed by atoms with Crippen LogP contribution in [-0.4, -0.2) is 15.8 Å². The number of rotatable bonds is 4. The predicted molar refractivity (Wildman–Crippen MR) is 82.0 cm³/mol. The van der Waals surface area contributed by atoms with Crippen molar-refractivity contribution in [1.29, 1.82) is 0 Å². The van der Waals surface area contributed by atoms with Crippen LogP contribution in [0.5, 0.6) is 0 Å². The van der Waals surface area contributed by atoms with Gasteiger partial charge in [-0.25, -0.2) is 4.68 Å². The lowest BCUT2D eigenvalue weighted by Gasteiger charge is -2.20. The van der Waals surface area contributed by atoms with Crippen molar-refractivity contribution in [3.63, 3.8) is 0 Å². The van der Waals surface area contributed by atoms with Crippen LogP contribution in [0.3, 0.4) is 0 Å². The fraction of sp³-hybridized carbons (Fsp3) is 0.750. The molecule has 1 aromatic rings. The largest absolute Gasteiger partial charge is 0.310 e. The third kappa shape index (κ3) is 3.48. The second kappa shape index (κ2) is 6.08. The molecule has 0 unspecified atom stereocenters. The summed E-state index contributed by atoms with van der Waals surface area (Å²) in [5, 5.41) is 8.01. The molecule has 0 saturated heterocycles. The molecule has 1 heterocycles. The van der Waals surface area contributed by atoms with Crippen LogP contribution in [0, 0.1) is 0 Å². The Hall–Kier alpha value is -1.16. The van der Waals surface area contributed by atoms with Gasteiger partial charge in [-0.2, -0.15) is 5.10 Å². The molecular weight excluding hydrogens is 250 g/mol. The molecule has 0 amide bonds. The van der Waals surface area contributed by atoms with E-state index >= 15 is 0 Å². The average Bonchev–Trinajstić information content (AvgIpc) is 2.89. The number of nitrogens with zero attached hydrogens (tertiary/aromatic N) is 2. The van der Waals surface area contributed by atoms with Crippen molar-refractivity contribution in [3.8, 4) is 0 Å². The van der Waals surface area contributed by atoms with Gasteiger partial charge in [-0.3, -0.25) is 4.79 Å². The molecule has 1 N–H and O–H groups in total. The lowest BCUT2D eigenvalue weighted by Crippen LogP contribution is -2.34. The minimum Gasteiger partial charge on any atom is -0.310 e. The van der Waals surface area contributed by atoms with Crippen LogP contribution in [0.4, 0.5) is 0 Å². The number of nitrogens with one attached hydrogen (secondary N) is 1. The van der Waals surface area contributed by atoms with E-state index in [1.807, 2.05) is 13.0 Å². The summed E-state index contributed by atoms with van der Waals surface area (Å²) >= 11 is 0. The highest BCUT2D eigenvalue weighted by atomic mass is 16.1. The molecule has 1 aliphatic carbocycles. The van der Waals surface area contributed by atoms with Crippen LogP contribution in [-0.2, 0) is 18.5 Å². The maximum absolute atomic E-state index is 12.3. The van der Waals surface area contributed by atoms with Gasteiger partial charge in [0.05, 0.1) is 5.69 Å². The van der Waals surface area contributed by atoms with E-state index in [4.69, 9.17) is 0 Å². The van der Waals surface area contributed by atoms with Crippen LogP contribution in [0.25, 0.3) is 0 Å². The van der Waals surface area contributed by atoms with E-state index in [1.54, 1.807) is 4.68 Å². The lowest BCUT2D eigenvalue weighted by atomic mass is 9.91. The minimum absolute atomic E-state index is 0.0350. The zero-order valence-corrected chi connectivity index (χ0v) is 13.2. The van der Waals surface area contributed by atoms with Gasteiger partial charge in [-0.05, 0) is 25.8 Å². The molecule has 1 aromatic heterocycles. The molecule has 0 atom stereocenters. The van der Waals surface area contributed by atoms with Gasteiger partial charge in [0.2, 0.25) is 0 Å². The highest BCUT2D eigenvalue weighted by molar-refractivity contribution is 5.19. The summed E-state index contributed by atoms with van der Waals surface area (Å²) in [5.41, 5.74) is 1.85. The van der Waals surface area contributed by atoms with E-state index in [0.29, 0.717) is 19.1 Å². The molecule has 0 aliphatic heterocycles. The van der Waals surface area contributed by atoms with Crippen LogP contribution < -0.4 is 10.9 Å². The molecular formula is C16H27N3O. The number of aromatic nitrogens is 2. The fourth-order valence-corrected chi connectivity index (χ4v) is 2.69. The van der Waals surface area contributed by atoms with Crippen molar-refractivity contribution in [3.05, 3.63) is 27.7 Å². The Kier molecular flexibility index (Phi) is 4.63. The van der Waals surface area contributed by atoms with Gasteiger partial charge >= 0.3 is 0 Å². The first-order valence-electron chi connectivity index (χ1n) is 7.76. The molecule has 20 heavy (non-hydrogen) atoms. The second-order valence-electron chi connectivity index (χ2n) is 6.79. The molecule has 1 fully saturated rings. The van der Waals surface area contributed by atoms with Gasteiger partial charge in [0.25, 0.3) is 5.56 Å². The Labute approximate surface area is 121 Å². The summed E-state index contributed by atoms with van der Waals surface area (Å²) in [5.74, 6) is 0. The third-order valence-electron chi connectivity index (χ3n) is 4.05. The zero-order valence-electron chi connectivity index (χ0n) is 13.2. The standard InChI is InChI=1S/C16H27N3O/c1-5-19-15(20)12(10-14(18-19)16(2,3)4)11-17-13-8-6-7-9-13/h10,13,17H,5-9,11H2,1-4H3. The molecule has 0 aromatic carbocycles. The Balaban J connectivity index is 2.23. The molecule has 0 radical (unpaired) electrons. The Morgan fingerprint density at radius 1 is 1.35 bits per heavy atom. The van der Waals surface area contributed by atoms with Crippen molar-refractivity contribution < 1.29 is 0 Å². The van der Waals surface area contributed by atoms with Gasteiger partial charge in [0.15, 0.2) is 0 Å². The van der Waals surface area contributed by atoms with Gasteiger partial charge in [-0.15, -0.1) is 0 Å². The maximum atomic E-state index is 12.3. The molecule has 112 valence electrons. The zero-order chi connectivity index (χ0) is 14.8. The van der Waals surface area contributed by atoms with Gasteiger partial charge < -0.3 is 5.32 Å². The highest BCUT2D eigenvalue weighted by Crippen LogP contribution is 2.20. The molecule has 4 heteroatoms. The molecule has 0 spiro atoms. The SMILES string of the molecule is CCn1nc(C(C)(C)C)cc(CNC2CCCC2)c1=O. The normalized spacial score (nSPS) is 16.8. The van der Waals surface area contributed by atoms with Crippen molar-refractivity contribution in [2.24, 2.45) is 0 Å². The summed E-state index contributed by atoms with van der Waals surface area (Å²) in [7, 11) is 0. The van der Waals surface area contributed by atoms with E-state index < -0.39 is 0 Å². The van der Waals surface area contributed by atoms with Crippen LogP contribution in [0.1, 0.15) is 64.6 Å². The lowest BCUT2D eigenvalue weighted by molar-refractivity contribution is 0.490. The Bertz CT molecular complexity index is 507. The van der Waals surface area contributed by atoms with Crippen LogP contribution in [0.2, 0.25) is 0 Å². The summed E-state index contributed by atoms with van der Waals surface area (Å²) < 4.78 is 1.59. The van der Waals surface area contributed by atoms with Crippen LogP contribution in [0.15, 0.2) is 10.9 Å². The van der Waals surface area contributed by atoms with Crippen molar-refractivity contribution >= 4 is 0 Å². The maximum Gasteiger partial charge on any atom is 0.271 e. The molecule has 2 rings (SSSR count). The summed E-state index contributed by atoms with van der Waals surface area (Å²) in [6, 6.07) is 2.56. The molecule has 1 aliphatic rings. The van der Waals surface area contributed by atoms with E-state index in [-0.39, 0.29) is 11.0 Å². The second-order valence-corrected chi connectivity index (χ2v) is 6.79. The molecule has 0 bridgehead atoms. The minimum atomic E-state index is -0.0350. The topological polar surface area (TPSA) is 46.9 Å². The Morgan fingerprint density at radius 3 is 2.55 bits per heavy atom. The summed E-state index contributed by atoms with van der Waals surface area (Å²) in [6.45, 7) is 9.65. The molecule has 4 nitrogen and oxygen atoms in total. The number of aryl methyl sites for hydroxylation is 1. The van der Waals surface area contributed by atoms with E-state index in [9.17, 15) is 4.79 Å². The van der Waals surface area contributed by atoms with Gasteiger partial charge in [0.1, 0.15) is 0 Å². The van der Waals surface area contributed by atoms with E-state index in [1.165, 1.54) is 25.7 Å². The first-order valence-corrected chi connectivity index (χ1v) is 7.76. The van der Waals surface area contributed by atoms with E-state index in [2.05, 4.69) is 31.2 Å². The van der Waals surface area contributed by atoms with Crippen molar-refractivity contribution in [2.75, 3.05) is 0 Å². The van der Waals surface area contributed by atoms with Crippen molar-refractivity contribution in [1.82, 2.24) is 15.1 Å². The highest BCUT2D eigenvalue weighted by Gasteiger charge is 2.20. The third-order valence-corrected chi connectivity index (χ3v) is 4.05. The van der Waals surface area contributed by atoms with Crippen molar-refractivity contribution in [2.45, 2.75) is 77.9 Å². The summed E-state index contributed by atoms with van der Waals surface area (Å²) in [6.07, 6.45) is 5.08. The monoisotopic (exact) mass is 277 g/mol. The Morgan fingerprint density at radius 2 is 2.00 bits per heavy atom. The van der Waals surface area contributed by atoms with Crippen LogP contribution >= 0.6 is 0 Å².